The van der Waals surface area contributed by atoms with Crippen LogP contribution in [0.25, 0.3) is 0 Å². The zero-order valence-corrected chi connectivity index (χ0v) is 75.7. The summed E-state index contributed by atoms with van der Waals surface area (Å²) in [7, 11) is 0. The van der Waals surface area contributed by atoms with Gasteiger partial charge in [-0.15, -0.1) is 0 Å². The second-order valence-electron chi connectivity index (χ2n) is 56.3. The van der Waals surface area contributed by atoms with Gasteiger partial charge >= 0.3 is 0 Å². The third kappa shape index (κ3) is 8.07. The van der Waals surface area contributed by atoms with Crippen molar-refractivity contribution in [1.29, 1.82) is 0 Å². The van der Waals surface area contributed by atoms with Crippen molar-refractivity contribution in [3.8, 4) is 0 Å². The van der Waals surface area contributed by atoms with Crippen LogP contribution < -0.4 is 0 Å². The zero-order chi connectivity index (χ0) is 75.7. The van der Waals surface area contributed by atoms with Crippen LogP contribution in [0.4, 0.5) is 0 Å². The standard InChI is InChI=1S/C20H26.C20H30.C19H28.C17H26.C16H26.C12H20.C11H18/c1-10-4-13-6-14(10)20-9-18-12-3-2-11(5-12)17(18)8-19(13,20)15(17)7-16(18)20;1-12-9-13-10-16(12)20-8-3-2-7-19(13,20)17-11-18(20)15-6-4-5-14(15)17;1-11-8-12-9-15(11)19-7-3-2-6-18(12,19)16-10-17(19)14-5-4-13(14)16;1-11-8-14-10-15(11)17-7-3-2-6-16(14,17)12-4-5-13(17)9-12;1-10-6-13-9-14(10)16-8-12-5-3-2-4-11(12)7-15(13)16;1-8-6-9-7-12(8)11-5-3-2-4-10(9)11;1-7-5-8-6-11(7)10-4-2-3-9(8)10/h10-16H,2-9H2,1H3;12-18H,2-11H2,1H3;11-17H,2-10H2,1H3;11-15H,2-10H2,1H3;10-16H,2-9H2,1H3;8-12H,2-7H2,1H3;7-11H,2-6H2,1H3. The van der Waals surface area contributed by atoms with Gasteiger partial charge in [-0.3, -0.25) is 0 Å². The molecule has 0 aliphatic heterocycles. The van der Waals surface area contributed by atoms with Crippen molar-refractivity contribution >= 4 is 0 Å². The first-order valence-corrected chi connectivity index (χ1v) is 56.1. The molecule has 24 bridgehead atoms. The molecule has 0 radical (unpaired) electrons. The topological polar surface area (TPSA) is 0 Å². The summed E-state index contributed by atoms with van der Waals surface area (Å²) >= 11 is 0. The summed E-state index contributed by atoms with van der Waals surface area (Å²) in [4.78, 5) is 0. The molecule has 0 aromatic carbocycles. The molecule has 35 rings (SSSR count). The zero-order valence-electron chi connectivity index (χ0n) is 75.7. The van der Waals surface area contributed by atoms with E-state index in [-0.39, 0.29) is 0 Å². The van der Waals surface area contributed by atoms with Crippen molar-refractivity contribution in [2.75, 3.05) is 0 Å². The van der Waals surface area contributed by atoms with Crippen LogP contribution in [-0.2, 0) is 0 Å². The molecule has 0 aromatic heterocycles. The third-order valence-electron chi connectivity index (χ3n) is 57.0. The quantitative estimate of drug-likeness (QED) is 0.227. The van der Waals surface area contributed by atoms with Gasteiger partial charge in [0.15, 0.2) is 0 Å². The van der Waals surface area contributed by atoms with Gasteiger partial charge in [0.25, 0.3) is 0 Å². The summed E-state index contributed by atoms with van der Waals surface area (Å²) in [6.45, 7) is 18.0. The Labute approximate surface area is 705 Å². The van der Waals surface area contributed by atoms with Gasteiger partial charge in [0.05, 0.1) is 0 Å². The minimum atomic E-state index is 0.879. The van der Waals surface area contributed by atoms with E-state index in [0.717, 1.165) is 161 Å². The molecule has 53 atom stereocenters. The molecule has 35 aliphatic carbocycles. The van der Waals surface area contributed by atoms with Gasteiger partial charge < -0.3 is 0 Å². The molecular weight excluding hydrogens is 1380 g/mol. The van der Waals surface area contributed by atoms with Gasteiger partial charge in [-0.25, -0.2) is 0 Å². The molecule has 35 saturated carbocycles. The normalized spacial score (nSPS) is 68.7. The summed E-state index contributed by atoms with van der Waals surface area (Å²) in [5.41, 5.74) is 9.12. The van der Waals surface area contributed by atoms with Gasteiger partial charge in [-0.1, -0.05) is 138 Å². The highest BCUT2D eigenvalue weighted by Gasteiger charge is 3.03. The Bertz CT molecular complexity index is 3870. The van der Waals surface area contributed by atoms with E-state index in [0.29, 0.717) is 0 Å². The Morgan fingerprint density at radius 3 is 0.965 bits per heavy atom. The first kappa shape index (κ1) is 73.1. The lowest BCUT2D eigenvalue weighted by Gasteiger charge is -2.87. The fraction of sp³-hybridized carbons (Fsp3) is 1.00. The minimum absolute atomic E-state index is 0.879. The molecule has 53 unspecified atom stereocenters. The smallest absolute Gasteiger partial charge is 0.0165 e. The fourth-order valence-corrected chi connectivity index (χ4v) is 56.5. The Hall–Kier alpha value is 0. The Morgan fingerprint density at radius 2 is 0.461 bits per heavy atom. The van der Waals surface area contributed by atoms with Crippen LogP contribution in [0.2, 0.25) is 0 Å². The molecule has 35 aliphatic rings. The molecule has 4 spiro atoms. The van der Waals surface area contributed by atoms with Gasteiger partial charge in [0.2, 0.25) is 0 Å². The van der Waals surface area contributed by atoms with Crippen LogP contribution in [-0.4, -0.2) is 0 Å². The largest absolute Gasteiger partial charge is 0.0622 e. The van der Waals surface area contributed by atoms with E-state index in [9.17, 15) is 0 Å². The lowest BCUT2D eigenvalue weighted by Crippen LogP contribution is -2.82. The monoisotopic (exact) mass is 1560 g/mol. The fourth-order valence-electron chi connectivity index (χ4n) is 56.5. The first-order valence-electron chi connectivity index (χ1n) is 56.1. The van der Waals surface area contributed by atoms with Crippen LogP contribution in [0.15, 0.2) is 0 Å². The maximum absolute atomic E-state index is 2.62. The van der Waals surface area contributed by atoms with Crippen molar-refractivity contribution in [1.82, 2.24) is 0 Å². The van der Waals surface area contributed by atoms with Crippen molar-refractivity contribution < 1.29 is 0 Å². The van der Waals surface area contributed by atoms with Gasteiger partial charge in [0, 0.05) is 0 Å². The summed E-state index contributed by atoms with van der Waals surface area (Å²) in [5.74, 6) is 50.2. The Balaban J connectivity index is 0.0000000698. The highest BCUT2D eigenvalue weighted by Crippen LogP contribution is 3.08. The van der Waals surface area contributed by atoms with Gasteiger partial charge in [-0.05, 0) is 572 Å². The van der Waals surface area contributed by atoms with Crippen molar-refractivity contribution in [2.24, 2.45) is 309 Å². The van der Waals surface area contributed by atoms with Crippen molar-refractivity contribution in [3.63, 3.8) is 0 Å². The van der Waals surface area contributed by atoms with Crippen LogP contribution in [0.5, 0.6) is 0 Å². The molecule has 0 aromatic rings. The van der Waals surface area contributed by atoms with E-state index < -0.39 is 0 Å². The highest BCUT2D eigenvalue weighted by molar-refractivity contribution is 5.50. The third-order valence-corrected chi connectivity index (χ3v) is 57.0. The van der Waals surface area contributed by atoms with E-state index >= 15 is 0 Å². The summed E-state index contributed by atoms with van der Waals surface area (Å²) in [6, 6.07) is 0. The molecular formula is C115H174. The maximum Gasteiger partial charge on any atom is -0.0165 e. The number of hydrogen-bond donors (Lipinski definition) is 0. The van der Waals surface area contributed by atoms with E-state index in [2.05, 4.69) is 48.5 Å². The second kappa shape index (κ2) is 24.5. The molecule has 35 fully saturated rings. The average molecular weight is 1560 g/mol. The Kier molecular flexibility index (Phi) is 15.5. The number of rotatable bonds is 0. The van der Waals surface area contributed by atoms with E-state index in [1.165, 1.54) is 154 Å². The number of hydrogen-bond acceptors (Lipinski definition) is 0. The lowest BCUT2D eigenvalue weighted by molar-refractivity contribution is -0.399. The molecule has 0 nitrogen and oxygen atoms in total. The van der Waals surface area contributed by atoms with Gasteiger partial charge in [-0.2, -0.15) is 0 Å². The number of fused-ring (bicyclic) bond motifs is 38. The lowest BCUT2D eigenvalue weighted by atomic mass is 9.17. The van der Waals surface area contributed by atoms with E-state index in [1.54, 1.807) is 347 Å². The SMILES string of the molecule is CC1CC2CC1C13CC45C6CCC(C6)C46CC21C6CC53.CC1CC2CC1C13CCCCC21C1CC3C2CCC21.CC1CC2CC1C13CCCCC21C1CC3C2CCCC21.CC1CC2CC1C13CCCCC21C1CCC3C1.CC1CC2CC1C1CC3CCCCC3CC21.CC1CC2CC1C1CCCC21.CC1CC2CC1C1CCCCC21. The first-order chi connectivity index (χ1) is 56.1. The van der Waals surface area contributed by atoms with E-state index in [4.69, 9.17) is 0 Å². The van der Waals surface area contributed by atoms with Gasteiger partial charge in [0.1, 0.15) is 0 Å². The predicted molar refractivity (Wildman–Crippen MR) is 468 cm³/mol. The maximum atomic E-state index is 2.62. The second-order valence-corrected chi connectivity index (χ2v) is 56.3. The summed E-state index contributed by atoms with van der Waals surface area (Å²) < 4.78 is 0. The summed E-state index contributed by atoms with van der Waals surface area (Å²) in [6.07, 6.45) is 89.1. The molecule has 634 valence electrons. The molecule has 0 saturated heterocycles. The van der Waals surface area contributed by atoms with E-state index in [1.807, 2.05) is 0 Å². The van der Waals surface area contributed by atoms with Crippen molar-refractivity contribution in [3.05, 3.63) is 0 Å². The van der Waals surface area contributed by atoms with Crippen molar-refractivity contribution in [2.45, 2.75) is 402 Å². The average Bonchev–Trinajstić information content (AvgIpc) is 1.38. The molecule has 0 N–H and O–H groups in total. The van der Waals surface area contributed by atoms with Crippen LogP contribution in [0, 0.1) is 309 Å². The highest BCUT2D eigenvalue weighted by atomic mass is 15.1. The van der Waals surface area contributed by atoms with Crippen LogP contribution in [0.1, 0.15) is 402 Å². The van der Waals surface area contributed by atoms with Crippen LogP contribution in [0.3, 0.4) is 0 Å². The summed E-state index contributed by atoms with van der Waals surface area (Å²) in [5, 5.41) is 0. The van der Waals surface area contributed by atoms with Crippen LogP contribution >= 0.6 is 0 Å². The molecule has 0 heterocycles. The minimum Gasteiger partial charge on any atom is -0.0622 e. The molecule has 0 amide bonds. The Morgan fingerprint density at radius 1 is 0.148 bits per heavy atom. The predicted octanol–water partition coefficient (Wildman–Crippen LogP) is 30.3. The molecule has 0 heteroatoms. The molecule has 115 heavy (non-hydrogen) atoms.